The van der Waals surface area contributed by atoms with Gasteiger partial charge in [-0.25, -0.2) is 0 Å². The van der Waals surface area contributed by atoms with Crippen LogP contribution in [0.2, 0.25) is 0 Å². The van der Waals surface area contributed by atoms with E-state index in [4.69, 9.17) is 9.47 Å². The van der Waals surface area contributed by atoms with E-state index in [0.29, 0.717) is 5.41 Å². The van der Waals surface area contributed by atoms with Gasteiger partial charge in [0.25, 0.3) is 0 Å². The van der Waals surface area contributed by atoms with E-state index in [1.165, 1.54) is 57.8 Å². The first-order valence-corrected chi connectivity index (χ1v) is 10.4. The van der Waals surface area contributed by atoms with Crippen molar-refractivity contribution in [3.05, 3.63) is 0 Å². The van der Waals surface area contributed by atoms with E-state index in [1.807, 2.05) is 0 Å². The molecule has 130 valence electrons. The minimum atomic E-state index is -0.215. The van der Waals surface area contributed by atoms with Crippen molar-refractivity contribution in [1.29, 1.82) is 0 Å². The smallest absolute Gasteiger partial charge is 0.174 e. The van der Waals surface area contributed by atoms with Crippen molar-refractivity contribution in [1.82, 2.24) is 0 Å². The number of rotatable bonds is 0. The van der Waals surface area contributed by atoms with Gasteiger partial charge in [0.2, 0.25) is 0 Å². The summed E-state index contributed by atoms with van der Waals surface area (Å²) in [5.41, 5.74) is 0.929. The lowest BCUT2D eigenvalue weighted by molar-refractivity contribution is -0.247. The molecule has 4 saturated carbocycles. The Morgan fingerprint density at radius 2 is 1.52 bits per heavy atom. The Morgan fingerprint density at radius 3 is 2.35 bits per heavy atom. The molecular weight excluding hydrogens is 284 g/mol. The molecule has 0 aromatic rings. The van der Waals surface area contributed by atoms with Crippen molar-refractivity contribution in [2.75, 3.05) is 13.2 Å². The van der Waals surface area contributed by atoms with Crippen LogP contribution in [-0.4, -0.2) is 19.0 Å². The van der Waals surface area contributed by atoms with E-state index in [-0.39, 0.29) is 11.2 Å². The zero-order valence-electron chi connectivity index (χ0n) is 15.1. The summed E-state index contributed by atoms with van der Waals surface area (Å²) in [7, 11) is 0. The summed E-state index contributed by atoms with van der Waals surface area (Å²) in [5.74, 6) is 3.58. The van der Waals surface area contributed by atoms with Crippen LogP contribution in [0.3, 0.4) is 0 Å². The Labute approximate surface area is 141 Å². The molecule has 5 aliphatic rings. The highest BCUT2D eigenvalue weighted by Crippen LogP contribution is 2.69. The van der Waals surface area contributed by atoms with Crippen LogP contribution in [0.1, 0.15) is 78.1 Å². The predicted molar refractivity (Wildman–Crippen MR) is 91.0 cm³/mol. The largest absolute Gasteiger partial charge is 0.347 e. The summed E-state index contributed by atoms with van der Waals surface area (Å²) in [5, 5.41) is 0. The number of ether oxygens (including phenoxy) is 2. The molecule has 0 bridgehead atoms. The molecule has 1 spiro atoms. The highest BCUT2D eigenvalue weighted by Gasteiger charge is 2.66. The number of hydrogen-bond donors (Lipinski definition) is 0. The van der Waals surface area contributed by atoms with Crippen molar-refractivity contribution in [3.63, 3.8) is 0 Å². The summed E-state index contributed by atoms with van der Waals surface area (Å²) in [6.07, 6.45) is 14.2. The van der Waals surface area contributed by atoms with Gasteiger partial charge in [-0.3, -0.25) is 0 Å². The van der Waals surface area contributed by atoms with Crippen LogP contribution in [0.5, 0.6) is 0 Å². The first-order chi connectivity index (χ1) is 11.1. The maximum absolute atomic E-state index is 6.26. The quantitative estimate of drug-likeness (QED) is 0.614. The third-order valence-electron chi connectivity index (χ3n) is 9.38. The Bertz CT molecular complexity index is 482. The third-order valence-corrected chi connectivity index (χ3v) is 9.38. The normalized spacial score (nSPS) is 54.5. The van der Waals surface area contributed by atoms with Crippen LogP contribution in [0, 0.1) is 34.5 Å². The van der Waals surface area contributed by atoms with Crippen molar-refractivity contribution >= 4 is 0 Å². The Kier molecular flexibility index (Phi) is 3.29. The summed E-state index contributed by atoms with van der Waals surface area (Å²) in [6, 6.07) is 0. The molecule has 2 nitrogen and oxygen atoms in total. The van der Waals surface area contributed by atoms with Crippen LogP contribution in [0.15, 0.2) is 0 Å². The second kappa shape index (κ2) is 4.97. The average molecular weight is 319 g/mol. The molecule has 0 N–H and O–H groups in total. The van der Waals surface area contributed by atoms with Gasteiger partial charge in [0, 0.05) is 11.8 Å². The van der Waals surface area contributed by atoms with Gasteiger partial charge < -0.3 is 9.47 Å². The molecule has 1 aliphatic heterocycles. The molecule has 0 radical (unpaired) electrons. The average Bonchev–Trinajstić information content (AvgIpc) is 3.14. The molecule has 4 aliphatic carbocycles. The van der Waals surface area contributed by atoms with Crippen molar-refractivity contribution in [2.24, 2.45) is 34.5 Å². The van der Waals surface area contributed by atoms with Gasteiger partial charge in [0.05, 0.1) is 13.2 Å². The lowest BCUT2D eigenvalue weighted by Gasteiger charge is -2.61. The fourth-order valence-electron chi connectivity index (χ4n) is 8.18. The molecule has 1 heterocycles. The molecule has 0 aromatic heterocycles. The second-order valence-electron chi connectivity index (χ2n) is 9.85. The fourth-order valence-corrected chi connectivity index (χ4v) is 8.18. The van der Waals surface area contributed by atoms with Crippen LogP contribution < -0.4 is 0 Å². The van der Waals surface area contributed by atoms with E-state index >= 15 is 0 Å². The zero-order valence-corrected chi connectivity index (χ0v) is 15.1. The fraction of sp³-hybridized carbons (Fsp3) is 1.00. The maximum atomic E-state index is 6.26. The predicted octanol–water partition coefficient (Wildman–Crippen LogP) is 5.16. The molecule has 1 saturated heterocycles. The topological polar surface area (TPSA) is 18.5 Å². The van der Waals surface area contributed by atoms with Crippen LogP contribution in [0.4, 0.5) is 0 Å². The molecule has 23 heavy (non-hydrogen) atoms. The molecule has 6 atom stereocenters. The van der Waals surface area contributed by atoms with Crippen LogP contribution in [0.25, 0.3) is 0 Å². The monoisotopic (exact) mass is 318 g/mol. The van der Waals surface area contributed by atoms with E-state index in [1.54, 1.807) is 0 Å². The number of hydrogen-bond acceptors (Lipinski definition) is 2. The minimum Gasteiger partial charge on any atom is -0.347 e. The van der Waals surface area contributed by atoms with E-state index < -0.39 is 0 Å². The third kappa shape index (κ3) is 1.83. The molecule has 0 aromatic carbocycles. The second-order valence-corrected chi connectivity index (χ2v) is 9.85. The lowest BCUT2D eigenvalue weighted by atomic mass is 9.45. The van der Waals surface area contributed by atoms with Gasteiger partial charge in [-0.1, -0.05) is 26.7 Å². The van der Waals surface area contributed by atoms with Crippen LogP contribution in [-0.2, 0) is 9.47 Å². The minimum absolute atomic E-state index is 0.215. The molecular formula is C21H34O2. The van der Waals surface area contributed by atoms with Gasteiger partial charge in [0.15, 0.2) is 5.79 Å². The molecule has 0 amide bonds. The molecule has 5 fully saturated rings. The molecule has 5 unspecified atom stereocenters. The lowest BCUT2D eigenvalue weighted by Crippen LogP contribution is -2.56. The van der Waals surface area contributed by atoms with Crippen molar-refractivity contribution < 1.29 is 9.47 Å². The van der Waals surface area contributed by atoms with Gasteiger partial charge in [-0.05, 0) is 74.0 Å². The summed E-state index contributed by atoms with van der Waals surface area (Å²) in [4.78, 5) is 0. The Hall–Kier alpha value is -0.0800. The standard InChI is InChI=1S/C21H34O2/c1-19-10-4-3-5-15(19)6-7-16-17(19)8-11-20(2)18(16)9-12-21(20)22-13-14-23-21/h15-18H,3-14H2,1-2H3/t15-,16?,17?,18?,19?,20?/m1/s1. The molecule has 2 heteroatoms. The number of fused-ring (bicyclic) bond motifs is 6. The highest BCUT2D eigenvalue weighted by molar-refractivity contribution is 5.12. The van der Waals surface area contributed by atoms with Gasteiger partial charge in [-0.15, -0.1) is 0 Å². The van der Waals surface area contributed by atoms with Crippen molar-refractivity contribution in [2.45, 2.75) is 83.8 Å². The van der Waals surface area contributed by atoms with Gasteiger partial charge >= 0.3 is 0 Å². The molecule has 5 rings (SSSR count). The van der Waals surface area contributed by atoms with E-state index in [2.05, 4.69) is 13.8 Å². The highest BCUT2D eigenvalue weighted by atomic mass is 16.7. The Morgan fingerprint density at radius 1 is 0.739 bits per heavy atom. The van der Waals surface area contributed by atoms with E-state index in [0.717, 1.165) is 43.3 Å². The van der Waals surface area contributed by atoms with Crippen LogP contribution >= 0.6 is 0 Å². The summed E-state index contributed by atoms with van der Waals surface area (Å²) in [6.45, 7) is 6.82. The summed E-state index contributed by atoms with van der Waals surface area (Å²) < 4.78 is 12.5. The summed E-state index contributed by atoms with van der Waals surface area (Å²) >= 11 is 0. The SMILES string of the molecule is CC12CCCC[C@@H]1CCC1C2CCC2(C)C1CCC21OCCO1. The first kappa shape index (κ1) is 15.2. The Balaban J connectivity index is 1.47. The van der Waals surface area contributed by atoms with Crippen molar-refractivity contribution in [3.8, 4) is 0 Å². The first-order valence-electron chi connectivity index (χ1n) is 10.4. The van der Waals surface area contributed by atoms with Gasteiger partial charge in [0.1, 0.15) is 0 Å². The van der Waals surface area contributed by atoms with E-state index in [9.17, 15) is 0 Å². The zero-order chi connectivity index (χ0) is 15.7. The van der Waals surface area contributed by atoms with Gasteiger partial charge in [-0.2, -0.15) is 0 Å². The maximum Gasteiger partial charge on any atom is 0.174 e.